The molecule has 0 aliphatic heterocycles. The Morgan fingerprint density at radius 2 is 0.471 bits per heavy atom. The minimum Gasteiger partial charge on any atom is -0.462 e. The zero-order valence-electron chi connectivity index (χ0n) is 67.2. The molecule has 0 radical (unpaired) electrons. The molecule has 0 aromatic rings. The van der Waals surface area contributed by atoms with Crippen molar-refractivity contribution in [3.05, 3.63) is 0 Å². The lowest BCUT2D eigenvalue weighted by molar-refractivity contribution is -0.161. The number of hydrogen-bond donors (Lipinski definition) is 3. The molecular formula is C83H162O17P2. The zero-order chi connectivity index (χ0) is 75.3. The molecule has 19 heteroatoms. The van der Waals surface area contributed by atoms with Crippen molar-refractivity contribution >= 4 is 39.5 Å². The van der Waals surface area contributed by atoms with Gasteiger partial charge in [-0.3, -0.25) is 37.3 Å². The number of hydrogen-bond acceptors (Lipinski definition) is 15. The van der Waals surface area contributed by atoms with Gasteiger partial charge in [-0.05, 0) is 49.4 Å². The van der Waals surface area contributed by atoms with Gasteiger partial charge in [0.05, 0.1) is 26.4 Å². The number of unbranched alkanes of at least 4 members (excludes halogenated alkanes) is 45. The smallest absolute Gasteiger partial charge is 0.462 e. The molecule has 0 heterocycles. The highest BCUT2D eigenvalue weighted by atomic mass is 31.2. The molecule has 0 rings (SSSR count). The lowest BCUT2D eigenvalue weighted by Gasteiger charge is -2.21. The number of phosphoric acid groups is 2. The molecule has 0 aromatic heterocycles. The first-order valence-corrected chi connectivity index (χ1v) is 45.7. The number of aliphatic hydroxyl groups excluding tert-OH is 1. The quantitative estimate of drug-likeness (QED) is 0.0222. The van der Waals surface area contributed by atoms with Crippen molar-refractivity contribution in [1.82, 2.24) is 0 Å². The van der Waals surface area contributed by atoms with Gasteiger partial charge in [0.15, 0.2) is 12.2 Å². The molecule has 0 aliphatic carbocycles. The highest BCUT2D eigenvalue weighted by Gasteiger charge is 2.30. The predicted octanol–water partition coefficient (Wildman–Crippen LogP) is 24.8. The summed E-state index contributed by atoms with van der Waals surface area (Å²) < 4.78 is 68.8. The van der Waals surface area contributed by atoms with Crippen LogP contribution in [-0.4, -0.2) is 96.7 Å². The summed E-state index contributed by atoms with van der Waals surface area (Å²) in [4.78, 5) is 73.1. The first-order valence-electron chi connectivity index (χ1n) is 42.7. The van der Waals surface area contributed by atoms with Crippen LogP contribution >= 0.6 is 15.6 Å². The summed E-state index contributed by atoms with van der Waals surface area (Å²) in [6.07, 6.45) is 59.8. The molecule has 0 bridgehead atoms. The van der Waals surface area contributed by atoms with Gasteiger partial charge < -0.3 is 33.8 Å². The monoisotopic (exact) mass is 1490 g/mol. The Bertz CT molecular complexity index is 1990. The molecule has 6 atom stereocenters. The molecule has 102 heavy (non-hydrogen) atoms. The number of phosphoric ester groups is 2. The van der Waals surface area contributed by atoms with Gasteiger partial charge in [-0.15, -0.1) is 0 Å². The number of rotatable bonds is 80. The van der Waals surface area contributed by atoms with Gasteiger partial charge in [0.2, 0.25) is 0 Å². The van der Waals surface area contributed by atoms with Crippen LogP contribution in [0.15, 0.2) is 0 Å². The van der Waals surface area contributed by atoms with E-state index in [2.05, 4.69) is 55.4 Å². The van der Waals surface area contributed by atoms with Crippen LogP contribution in [0.5, 0.6) is 0 Å². The number of aliphatic hydroxyl groups is 1. The third kappa shape index (κ3) is 74.9. The van der Waals surface area contributed by atoms with Crippen LogP contribution in [-0.2, 0) is 65.4 Å². The van der Waals surface area contributed by atoms with E-state index in [-0.39, 0.29) is 25.7 Å². The van der Waals surface area contributed by atoms with Crippen LogP contribution < -0.4 is 0 Å². The molecule has 17 nitrogen and oxygen atoms in total. The van der Waals surface area contributed by atoms with E-state index in [1.165, 1.54) is 225 Å². The van der Waals surface area contributed by atoms with Crippen LogP contribution in [0.4, 0.5) is 0 Å². The minimum absolute atomic E-state index is 0.106. The van der Waals surface area contributed by atoms with Crippen LogP contribution in [0.25, 0.3) is 0 Å². The molecule has 0 saturated heterocycles. The fourth-order valence-electron chi connectivity index (χ4n) is 12.8. The lowest BCUT2D eigenvalue weighted by atomic mass is 9.99. The van der Waals surface area contributed by atoms with Gasteiger partial charge in [-0.2, -0.15) is 0 Å². The number of carbonyl (C=O) groups excluding carboxylic acids is 4. The molecule has 0 aliphatic rings. The molecule has 0 saturated carbocycles. The summed E-state index contributed by atoms with van der Waals surface area (Å²) in [7, 11) is -9.92. The summed E-state index contributed by atoms with van der Waals surface area (Å²) in [6, 6.07) is 0. The Hall–Kier alpha value is -1.94. The average molecular weight is 1490 g/mol. The molecule has 0 spiro atoms. The van der Waals surface area contributed by atoms with E-state index in [9.17, 15) is 43.2 Å². The molecule has 0 aromatic carbocycles. The van der Waals surface area contributed by atoms with Gasteiger partial charge in [0.25, 0.3) is 0 Å². The molecule has 3 unspecified atom stereocenters. The predicted molar refractivity (Wildman–Crippen MR) is 418 cm³/mol. The van der Waals surface area contributed by atoms with Crippen LogP contribution in [0.2, 0.25) is 0 Å². The maximum Gasteiger partial charge on any atom is 0.472 e. The van der Waals surface area contributed by atoms with Gasteiger partial charge in [-0.25, -0.2) is 9.13 Å². The van der Waals surface area contributed by atoms with Gasteiger partial charge in [0, 0.05) is 25.7 Å². The summed E-state index contributed by atoms with van der Waals surface area (Å²) in [5.41, 5.74) is 0. The number of carbonyl (C=O) groups is 4. The van der Waals surface area contributed by atoms with Gasteiger partial charge >= 0.3 is 39.5 Å². The average Bonchev–Trinajstić information content (AvgIpc) is 0.911. The molecule has 0 fully saturated rings. The van der Waals surface area contributed by atoms with Crippen molar-refractivity contribution in [3.8, 4) is 0 Å². The zero-order valence-corrected chi connectivity index (χ0v) is 69.0. The standard InChI is InChI=1S/C83H162O17P2/c1-9-76(8)62-54-46-37-31-25-19-14-15-21-28-34-40-50-58-66-83(88)100-79(70-94-81(86)64-56-48-42-41-45-53-61-75(6)7)72-98-102(91,92)96-68-77(84)67-95-101(89,90)97-71-78(69-93-80(85)63-55-47-38-32-26-22-16-18-24-30-36-44-52-60-74(4)5)99-82(87)65-57-49-39-33-27-20-13-11-10-12-17-23-29-35-43-51-59-73(2)3/h73-79,84H,9-72H2,1-8H3,(H,89,90)(H,91,92)/t76?,77-,78-,79-/m1/s1. The van der Waals surface area contributed by atoms with E-state index in [1.807, 2.05) is 0 Å². The Balaban J connectivity index is 5.22. The van der Waals surface area contributed by atoms with Crippen molar-refractivity contribution in [1.29, 1.82) is 0 Å². The highest BCUT2D eigenvalue weighted by Crippen LogP contribution is 2.45. The molecular weight excluding hydrogens is 1330 g/mol. The van der Waals surface area contributed by atoms with E-state index in [0.717, 1.165) is 114 Å². The lowest BCUT2D eigenvalue weighted by Crippen LogP contribution is -2.30. The Labute approximate surface area is 626 Å². The third-order valence-corrected chi connectivity index (χ3v) is 21.6. The van der Waals surface area contributed by atoms with E-state index in [1.54, 1.807) is 0 Å². The maximum atomic E-state index is 13.1. The summed E-state index contributed by atoms with van der Waals surface area (Å²) >= 11 is 0. The fourth-order valence-corrected chi connectivity index (χ4v) is 14.3. The van der Waals surface area contributed by atoms with Crippen molar-refractivity contribution < 1.29 is 80.2 Å². The van der Waals surface area contributed by atoms with E-state index in [0.29, 0.717) is 31.6 Å². The first kappa shape index (κ1) is 100. The van der Waals surface area contributed by atoms with Gasteiger partial charge in [-0.1, -0.05) is 376 Å². The summed E-state index contributed by atoms with van der Waals surface area (Å²) in [6.45, 7) is 14.3. The van der Waals surface area contributed by atoms with Crippen molar-refractivity contribution in [2.24, 2.45) is 23.7 Å². The Morgan fingerprint density at radius 3 is 0.696 bits per heavy atom. The largest absolute Gasteiger partial charge is 0.472 e. The topological polar surface area (TPSA) is 237 Å². The number of esters is 4. The highest BCUT2D eigenvalue weighted by molar-refractivity contribution is 7.47. The normalized spacial score (nSPS) is 14.3. The van der Waals surface area contributed by atoms with Crippen LogP contribution in [0.1, 0.15) is 428 Å². The molecule has 3 N–H and O–H groups in total. The third-order valence-electron chi connectivity index (χ3n) is 19.7. The van der Waals surface area contributed by atoms with E-state index < -0.39 is 97.5 Å². The maximum absolute atomic E-state index is 13.1. The number of ether oxygens (including phenoxy) is 4. The van der Waals surface area contributed by atoms with Crippen LogP contribution in [0.3, 0.4) is 0 Å². The molecule has 0 amide bonds. The Morgan fingerprint density at radius 1 is 0.275 bits per heavy atom. The fraction of sp³-hybridized carbons (Fsp3) is 0.952. The van der Waals surface area contributed by atoms with Gasteiger partial charge in [0.1, 0.15) is 19.3 Å². The minimum atomic E-state index is -4.96. The van der Waals surface area contributed by atoms with Crippen molar-refractivity contribution in [2.75, 3.05) is 39.6 Å². The second-order valence-corrected chi connectivity index (χ2v) is 34.4. The second kappa shape index (κ2) is 72.0. The summed E-state index contributed by atoms with van der Waals surface area (Å²) in [5, 5.41) is 10.7. The first-order chi connectivity index (χ1) is 49.1. The summed E-state index contributed by atoms with van der Waals surface area (Å²) in [5.74, 6) is 1.01. The Kier molecular flexibility index (Phi) is 70.6. The molecule has 606 valence electrons. The van der Waals surface area contributed by atoms with E-state index in [4.69, 9.17) is 37.0 Å². The van der Waals surface area contributed by atoms with Crippen molar-refractivity contribution in [2.45, 2.75) is 446 Å². The SMILES string of the molecule is CCC(C)CCCCCCCCCCCCCCCCC(=O)O[C@H](COC(=O)CCCCCCCCC(C)C)COP(=O)(O)OC[C@H](O)COP(=O)(O)OC[C@@H](COC(=O)CCCCCCCCCCCCCCCC(C)C)OC(=O)CCCCCCCCCCCCCCCCCCC(C)C. The van der Waals surface area contributed by atoms with E-state index >= 15 is 0 Å². The second-order valence-electron chi connectivity index (χ2n) is 31.5. The van der Waals surface area contributed by atoms with Crippen LogP contribution in [0, 0.1) is 23.7 Å². The van der Waals surface area contributed by atoms with Crippen molar-refractivity contribution in [3.63, 3.8) is 0 Å².